The molecule has 2 heterocycles. The number of pyridine rings is 1. The number of rotatable bonds is 6. The molecule has 6 heteroatoms. The molecule has 4 rings (SSSR count). The van der Waals surface area contributed by atoms with Crippen molar-refractivity contribution in [3.05, 3.63) is 80.2 Å². The third kappa shape index (κ3) is 2.92. The number of fused-ring (bicyclic) bond motifs is 1. The van der Waals surface area contributed by atoms with Gasteiger partial charge in [0.2, 0.25) is 0 Å². The van der Waals surface area contributed by atoms with Crippen LogP contribution < -0.4 is 21.5 Å². The second-order valence-electron chi connectivity index (χ2n) is 5.70. The van der Waals surface area contributed by atoms with Crippen LogP contribution in [0.4, 0.5) is 17.1 Å². The third-order valence-corrected chi connectivity index (χ3v) is 5.13. The number of hydrogen-bond acceptors (Lipinski definition) is 6. The lowest BCUT2D eigenvalue weighted by Crippen LogP contribution is -2.37. The van der Waals surface area contributed by atoms with Crippen LogP contribution in [0, 0.1) is 0 Å². The molecule has 2 aromatic carbocycles. The summed E-state index contributed by atoms with van der Waals surface area (Å²) in [5, 5.41) is 9.49. The van der Waals surface area contributed by atoms with Gasteiger partial charge in [0.1, 0.15) is 11.4 Å². The number of anilines is 3. The summed E-state index contributed by atoms with van der Waals surface area (Å²) in [6.07, 6.45) is 4.04. The highest BCUT2D eigenvalue weighted by molar-refractivity contribution is 7.17. The van der Waals surface area contributed by atoms with Crippen molar-refractivity contribution >= 4 is 38.5 Å². The molecule has 0 saturated carbocycles. The molecule has 0 aliphatic carbocycles. The molecule has 2 N–H and O–H groups in total. The second-order valence-corrected chi connectivity index (χ2v) is 6.61. The Labute approximate surface area is 147 Å². The first-order valence-electron chi connectivity index (χ1n) is 7.93. The van der Waals surface area contributed by atoms with Gasteiger partial charge < -0.3 is 10.6 Å². The Bertz CT molecular complexity index is 1100. The largest absolute Gasteiger partial charge is 0.380 e. The molecule has 0 atom stereocenters. The van der Waals surface area contributed by atoms with Gasteiger partial charge in [-0.25, -0.2) is 0 Å². The van der Waals surface area contributed by atoms with Crippen LogP contribution in [0.15, 0.2) is 63.8 Å². The highest BCUT2D eigenvalue weighted by atomic mass is 32.1. The van der Waals surface area contributed by atoms with Crippen LogP contribution in [-0.2, 0) is 6.42 Å². The van der Waals surface area contributed by atoms with Crippen LogP contribution in [0.5, 0.6) is 0 Å². The fourth-order valence-electron chi connectivity index (χ4n) is 2.81. The Morgan fingerprint density at radius 3 is 2.56 bits per heavy atom. The predicted molar refractivity (Wildman–Crippen MR) is 103 cm³/mol. The molecule has 4 aromatic rings. The van der Waals surface area contributed by atoms with Gasteiger partial charge in [-0.05, 0) is 40.9 Å². The van der Waals surface area contributed by atoms with E-state index in [1.165, 1.54) is 15.6 Å². The fraction of sp³-hybridized carbons (Fsp3) is 0.105. The molecular weight excluding hydrogens is 334 g/mol. The Balaban J connectivity index is 1.46. The molecule has 2 aromatic heterocycles. The number of nitrogens with zero attached hydrogens (tertiary/aromatic N) is 1. The van der Waals surface area contributed by atoms with Gasteiger partial charge in [0.25, 0.3) is 10.9 Å². The van der Waals surface area contributed by atoms with Crippen molar-refractivity contribution in [2.24, 2.45) is 0 Å². The smallest absolute Gasteiger partial charge is 0.253 e. The maximum absolute atomic E-state index is 11.8. The van der Waals surface area contributed by atoms with Crippen molar-refractivity contribution in [2.75, 3.05) is 17.2 Å². The topological polar surface area (TPSA) is 71.1 Å². The summed E-state index contributed by atoms with van der Waals surface area (Å²) in [7, 11) is 0. The van der Waals surface area contributed by atoms with Crippen molar-refractivity contribution in [1.82, 2.24) is 4.98 Å². The Kier molecular flexibility index (Phi) is 4.03. The summed E-state index contributed by atoms with van der Waals surface area (Å²) < 4.78 is 1.26. The lowest BCUT2D eigenvalue weighted by Gasteiger charge is -2.14. The summed E-state index contributed by atoms with van der Waals surface area (Å²) in [5.41, 5.74) is 1.71. The van der Waals surface area contributed by atoms with Crippen LogP contribution in [-0.4, -0.2) is 11.5 Å². The number of hydrogen-bond donors (Lipinski definition) is 2. The molecule has 0 spiro atoms. The van der Waals surface area contributed by atoms with Crippen LogP contribution in [0.3, 0.4) is 0 Å². The minimum Gasteiger partial charge on any atom is -0.380 e. The summed E-state index contributed by atoms with van der Waals surface area (Å²) in [6.45, 7) is 0.594. The third-order valence-electron chi connectivity index (χ3n) is 4.12. The normalized spacial score (nSPS) is 11.0. The summed E-state index contributed by atoms with van der Waals surface area (Å²) in [4.78, 5) is 27.6. The van der Waals surface area contributed by atoms with E-state index in [1.54, 1.807) is 35.9 Å². The zero-order valence-electron chi connectivity index (χ0n) is 13.3. The SMILES string of the molecule is O=c1c(NCCc2csc3ccccc23)c(Nc2ccncc2)c1=O. The first kappa shape index (κ1) is 15.5. The Morgan fingerprint density at radius 2 is 1.72 bits per heavy atom. The number of aromatic nitrogens is 1. The van der Waals surface area contributed by atoms with E-state index in [2.05, 4.69) is 33.1 Å². The number of thiophene rings is 1. The number of benzene rings is 1. The van der Waals surface area contributed by atoms with Gasteiger partial charge in [-0.3, -0.25) is 14.6 Å². The van der Waals surface area contributed by atoms with E-state index in [1.807, 2.05) is 12.1 Å². The molecule has 0 aliphatic heterocycles. The van der Waals surface area contributed by atoms with Gasteiger partial charge in [0, 0.05) is 29.3 Å². The predicted octanol–water partition coefficient (Wildman–Crippen LogP) is 3.29. The zero-order valence-corrected chi connectivity index (χ0v) is 14.1. The maximum atomic E-state index is 11.8. The average molecular weight is 349 g/mol. The van der Waals surface area contributed by atoms with E-state index >= 15 is 0 Å². The van der Waals surface area contributed by atoms with Gasteiger partial charge in [-0.2, -0.15) is 0 Å². The van der Waals surface area contributed by atoms with E-state index in [9.17, 15) is 9.59 Å². The lowest BCUT2D eigenvalue weighted by atomic mass is 10.1. The van der Waals surface area contributed by atoms with E-state index < -0.39 is 10.9 Å². The van der Waals surface area contributed by atoms with Crippen LogP contribution in [0.1, 0.15) is 5.56 Å². The maximum Gasteiger partial charge on any atom is 0.253 e. The summed E-state index contributed by atoms with van der Waals surface area (Å²) >= 11 is 1.72. The molecule has 25 heavy (non-hydrogen) atoms. The van der Waals surface area contributed by atoms with Crippen molar-refractivity contribution in [1.29, 1.82) is 0 Å². The van der Waals surface area contributed by atoms with Gasteiger partial charge in [-0.1, -0.05) is 18.2 Å². The molecular formula is C19H15N3O2S. The summed E-state index contributed by atoms with van der Waals surface area (Å²) in [6, 6.07) is 11.8. The zero-order chi connectivity index (χ0) is 17.2. The molecule has 124 valence electrons. The van der Waals surface area contributed by atoms with E-state index in [-0.39, 0.29) is 0 Å². The van der Waals surface area contributed by atoms with Gasteiger partial charge in [-0.15, -0.1) is 11.3 Å². The fourth-order valence-corrected chi connectivity index (χ4v) is 3.80. The van der Waals surface area contributed by atoms with E-state index in [0.29, 0.717) is 17.9 Å². The quantitative estimate of drug-likeness (QED) is 0.523. The van der Waals surface area contributed by atoms with Crippen molar-refractivity contribution in [2.45, 2.75) is 6.42 Å². The average Bonchev–Trinajstić information content (AvgIpc) is 3.07. The van der Waals surface area contributed by atoms with Crippen molar-refractivity contribution in [3.8, 4) is 0 Å². The molecule has 0 fully saturated rings. The van der Waals surface area contributed by atoms with Crippen LogP contribution in [0.25, 0.3) is 10.1 Å². The molecule has 0 saturated heterocycles. The minimum absolute atomic E-state index is 0.325. The second kappa shape index (κ2) is 6.49. The van der Waals surface area contributed by atoms with Crippen molar-refractivity contribution in [3.63, 3.8) is 0 Å². The monoisotopic (exact) mass is 349 g/mol. The first-order valence-corrected chi connectivity index (χ1v) is 8.81. The van der Waals surface area contributed by atoms with Crippen molar-refractivity contribution < 1.29 is 0 Å². The highest BCUT2D eigenvalue weighted by Crippen LogP contribution is 2.26. The minimum atomic E-state index is -0.486. The molecule has 0 radical (unpaired) electrons. The molecule has 5 nitrogen and oxygen atoms in total. The molecule has 0 amide bonds. The van der Waals surface area contributed by atoms with Gasteiger partial charge in [0.15, 0.2) is 0 Å². The van der Waals surface area contributed by atoms with Crippen LogP contribution in [0.2, 0.25) is 0 Å². The van der Waals surface area contributed by atoms with Gasteiger partial charge in [0.05, 0.1) is 0 Å². The Morgan fingerprint density at radius 1 is 0.960 bits per heavy atom. The van der Waals surface area contributed by atoms with E-state index in [0.717, 1.165) is 12.1 Å². The van der Waals surface area contributed by atoms with Gasteiger partial charge >= 0.3 is 0 Å². The lowest BCUT2D eigenvalue weighted by molar-refractivity contribution is 1.03. The number of nitrogens with one attached hydrogen (secondary N) is 2. The van der Waals surface area contributed by atoms with E-state index in [4.69, 9.17) is 0 Å². The molecule has 0 unspecified atom stereocenters. The highest BCUT2D eigenvalue weighted by Gasteiger charge is 2.20. The standard InChI is InChI=1S/C19H15N3O2S/c23-18-16(17(19(18)24)22-13-6-8-20-9-7-13)21-10-5-12-11-25-15-4-2-1-3-14(12)15/h1-4,6-9,11,21H,5,10H2,(H,20,22). The molecule has 0 bridgehead atoms. The first-order chi connectivity index (χ1) is 12.2. The Hall–Kier alpha value is -2.99. The summed E-state index contributed by atoms with van der Waals surface area (Å²) in [5.74, 6) is 0. The molecule has 0 aliphatic rings. The van der Waals surface area contributed by atoms with Crippen LogP contribution >= 0.6 is 11.3 Å².